The Morgan fingerprint density at radius 3 is 2.59 bits per heavy atom. The van der Waals surface area contributed by atoms with E-state index in [1.807, 2.05) is 6.92 Å². The zero-order valence-corrected chi connectivity index (χ0v) is 11.2. The average Bonchev–Trinajstić information content (AvgIpc) is 3.04. The zero-order chi connectivity index (χ0) is 12.5. The highest BCUT2D eigenvalue weighted by Crippen LogP contribution is 2.51. The number of rotatable bonds is 5. The Morgan fingerprint density at radius 2 is 2.06 bits per heavy atom. The van der Waals surface area contributed by atoms with Crippen LogP contribution in [0.5, 0.6) is 0 Å². The third-order valence-electron chi connectivity index (χ3n) is 4.27. The molecule has 1 saturated carbocycles. The molecule has 17 heavy (non-hydrogen) atoms. The van der Waals surface area contributed by atoms with Gasteiger partial charge >= 0.3 is 0 Å². The van der Waals surface area contributed by atoms with Crippen molar-refractivity contribution in [3.8, 4) is 0 Å². The SMILES string of the molecule is Cc1ccc(CNCC2(C(C)C)CC2)cc1N. The Hall–Kier alpha value is -1.02. The smallest absolute Gasteiger partial charge is 0.0346 e. The van der Waals surface area contributed by atoms with Gasteiger partial charge in [-0.1, -0.05) is 26.0 Å². The molecule has 0 bridgehead atoms. The molecule has 94 valence electrons. The van der Waals surface area contributed by atoms with E-state index in [0.717, 1.165) is 30.3 Å². The molecule has 2 heteroatoms. The van der Waals surface area contributed by atoms with Gasteiger partial charge < -0.3 is 11.1 Å². The molecule has 2 nitrogen and oxygen atoms in total. The number of nitrogens with two attached hydrogens (primary N) is 1. The van der Waals surface area contributed by atoms with Crippen LogP contribution in [0.2, 0.25) is 0 Å². The molecule has 3 N–H and O–H groups in total. The second-order valence-corrected chi connectivity index (χ2v) is 5.81. The molecule has 1 aliphatic rings. The van der Waals surface area contributed by atoms with E-state index in [0.29, 0.717) is 5.41 Å². The summed E-state index contributed by atoms with van der Waals surface area (Å²) < 4.78 is 0. The first-order chi connectivity index (χ1) is 8.03. The molecule has 0 saturated heterocycles. The lowest BCUT2D eigenvalue weighted by Crippen LogP contribution is -2.27. The summed E-state index contributed by atoms with van der Waals surface area (Å²) >= 11 is 0. The molecule has 0 atom stereocenters. The van der Waals surface area contributed by atoms with Crippen molar-refractivity contribution >= 4 is 5.69 Å². The van der Waals surface area contributed by atoms with Crippen LogP contribution in [0.4, 0.5) is 5.69 Å². The lowest BCUT2D eigenvalue weighted by atomic mass is 9.92. The third kappa shape index (κ3) is 2.81. The van der Waals surface area contributed by atoms with Crippen molar-refractivity contribution in [1.29, 1.82) is 0 Å². The van der Waals surface area contributed by atoms with Crippen molar-refractivity contribution in [2.75, 3.05) is 12.3 Å². The van der Waals surface area contributed by atoms with Crippen LogP contribution >= 0.6 is 0 Å². The van der Waals surface area contributed by atoms with Crippen LogP contribution in [0, 0.1) is 18.3 Å². The van der Waals surface area contributed by atoms with Crippen LogP contribution < -0.4 is 11.1 Å². The highest BCUT2D eigenvalue weighted by atomic mass is 14.9. The third-order valence-corrected chi connectivity index (χ3v) is 4.27. The highest BCUT2D eigenvalue weighted by Gasteiger charge is 2.44. The van der Waals surface area contributed by atoms with E-state index in [9.17, 15) is 0 Å². The molecule has 1 aromatic rings. The minimum atomic E-state index is 0.580. The van der Waals surface area contributed by atoms with Crippen LogP contribution in [-0.4, -0.2) is 6.54 Å². The number of aryl methyl sites for hydroxylation is 1. The molecule has 0 amide bonds. The van der Waals surface area contributed by atoms with Crippen LogP contribution in [0.25, 0.3) is 0 Å². The fourth-order valence-electron chi connectivity index (χ4n) is 2.37. The molecule has 0 aromatic heterocycles. The van der Waals surface area contributed by atoms with Gasteiger partial charge in [0, 0.05) is 18.8 Å². The predicted molar refractivity (Wildman–Crippen MR) is 73.8 cm³/mol. The van der Waals surface area contributed by atoms with Crippen molar-refractivity contribution in [1.82, 2.24) is 5.32 Å². The summed E-state index contributed by atoms with van der Waals surface area (Å²) in [5.74, 6) is 0.790. The van der Waals surface area contributed by atoms with E-state index >= 15 is 0 Å². The van der Waals surface area contributed by atoms with Crippen molar-refractivity contribution in [3.63, 3.8) is 0 Å². The minimum absolute atomic E-state index is 0.580. The van der Waals surface area contributed by atoms with Gasteiger partial charge in [0.1, 0.15) is 0 Å². The zero-order valence-electron chi connectivity index (χ0n) is 11.2. The number of hydrogen-bond acceptors (Lipinski definition) is 2. The predicted octanol–water partition coefficient (Wildman–Crippen LogP) is 3.10. The molecule has 1 aliphatic carbocycles. The van der Waals surface area contributed by atoms with E-state index < -0.39 is 0 Å². The summed E-state index contributed by atoms with van der Waals surface area (Å²) in [6.45, 7) is 8.78. The first-order valence-electron chi connectivity index (χ1n) is 6.59. The molecule has 1 aromatic carbocycles. The fourth-order valence-corrected chi connectivity index (χ4v) is 2.37. The van der Waals surface area contributed by atoms with Gasteiger partial charge in [-0.2, -0.15) is 0 Å². The second-order valence-electron chi connectivity index (χ2n) is 5.81. The maximum absolute atomic E-state index is 5.91. The normalized spacial score (nSPS) is 17.4. The largest absolute Gasteiger partial charge is 0.399 e. The quantitative estimate of drug-likeness (QED) is 0.766. The van der Waals surface area contributed by atoms with Crippen molar-refractivity contribution < 1.29 is 0 Å². The van der Waals surface area contributed by atoms with Gasteiger partial charge in [0.2, 0.25) is 0 Å². The molecule has 0 unspecified atom stereocenters. The first kappa shape index (κ1) is 12.4. The Bertz CT molecular complexity index is 392. The average molecular weight is 232 g/mol. The number of hydrogen-bond donors (Lipinski definition) is 2. The molecule has 1 fully saturated rings. The van der Waals surface area contributed by atoms with Gasteiger partial charge in [-0.3, -0.25) is 0 Å². The van der Waals surface area contributed by atoms with E-state index in [4.69, 9.17) is 5.73 Å². The summed E-state index contributed by atoms with van der Waals surface area (Å²) in [6, 6.07) is 6.34. The molecule has 2 rings (SSSR count). The molecule has 0 radical (unpaired) electrons. The van der Waals surface area contributed by atoms with Gasteiger partial charge in [-0.25, -0.2) is 0 Å². The van der Waals surface area contributed by atoms with Crippen molar-refractivity contribution in [2.45, 2.75) is 40.2 Å². The Kier molecular flexibility index (Phi) is 3.43. The monoisotopic (exact) mass is 232 g/mol. The first-order valence-corrected chi connectivity index (χ1v) is 6.59. The van der Waals surface area contributed by atoms with Crippen molar-refractivity contribution in [3.05, 3.63) is 29.3 Å². The summed E-state index contributed by atoms with van der Waals surface area (Å²) in [4.78, 5) is 0. The molecular formula is C15H24N2. The maximum atomic E-state index is 5.91. The van der Waals surface area contributed by atoms with Crippen LogP contribution in [-0.2, 0) is 6.54 Å². The Balaban J connectivity index is 1.84. The van der Waals surface area contributed by atoms with Gasteiger partial charge in [-0.15, -0.1) is 0 Å². The minimum Gasteiger partial charge on any atom is -0.399 e. The van der Waals surface area contributed by atoms with Gasteiger partial charge in [0.25, 0.3) is 0 Å². The van der Waals surface area contributed by atoms with E-state index in [-0.39, 0.29) is 0 Å². The summed E-state index contributed by atoms with van der Waals surface area (Å²) in [7, 11) is 0. The summed E-state index contributed by atoms with van der Waals surface area (Å²) in [5, 5.41) is 3.58. The maximum Gasteiger partial charge on any atom is 0.0346 e. The van der Waals surface area contributed by atoms with Gasteiger partial charge in [0.05, 0.1) is 0 Å². The van der Waals surface area contributed by atoms with Crippen molar-refractivity contribution in [2.24, 2.45) is 11.3 Å². The van der Waals surface area contributed by atoms with Crippen LogP contribution in [0.3, 0.4) is 0 Å². The number of nitrogens with one attached hydrogen (secondary N) is 1. The lowest BCUT2D eigenvalue weighted by Gasteiger charge is -2.20. The fraction of sp³-hybridized carbons (Fsp3) is 0.600. The number of anilines is 1. The Labute approximate surface area is 105 Å². The standard InChI is InChI=1S/C15H24N2/c1-11(2)15(6-7-15)10-17-9-13-5-4-12(3)14(16)8-13/h4-5,8,11,17H,6-7,9-10,16H2,1-3H3. The highest BCUT2D eigenvalue weighted by molar-refractivity contribution is 5.48. The molecule has 0 aliphatic heterocycles. The van der Waals surface area contributed by atoms with Crippen LogP contribution in [0.1, 0.15) is 37.8 Å². The second kappa shape index (κ2) is 4.69. The topological polar surface area (TPSA) is 38.0 Å². The van der Waals surface area contributed by atoms with E-state index in [1.165, 1.54) is 18.4 Å². The number of nitrogen functional groups attached to an aromatic ring is 1. The van der Waals surface area contributed by atoms with Crippen LogP contribution in [0.15, 0.2) is 18.2 Å². The van der Waals surface area contributed by atoms with E-state index in [1.54, 1.807) is 0 Å². The molecular weight excluding hydrogens is 208 g/mol. The Morgan fingerprint density at radius 1 is 1.35 bits per heavy atom. The number of benzene rings is 1. The van der Waals surface area contributed by atoms with E-state index in [2.05, 4.69) is 37.4 Å². The molecule has 0 spiro atoms. The summed E-state index contributed by atoms with van der Waals surface area (Å²) in [6.07, 6.45) is 2.77. The van der Waals surface area contributed by atoms with Gasteiger partial charge in [-0.05, 0) is 48.3 Å². The lowest BCUT2D eigenvalue weighted by molar-refractivity contribution is 0.338. The summed E-state index contributed by atoms with van der Waals surface area (Å²) in [5.41, 5.74) is 9.83. The van der Waals surface area contributed by atoms with Gasteiger partial charge in [0.15, 0.2) is 0 Å². The molecule has 0 heterocycles.